The number of halogens is 1. The molecule has 0 aliphatic rings. The van der Waals surface area contributed by atoms with Gasteiger partial charge in [0.25, 0.3) is 0 Å². The molecule has 0 fully saturated rings. The van der Waals surface area contributed by atoms with Crippen LogP contribution in [0.1, 0.15) is 26.7 Å². The van der Waals surface area contributed by atoms with Crippen LogP contribution in [0.5, 0.6) is 0 Å². The molecule has 0 heterocycles. The van der Waals surface area contributed by atoms with Gasteiger partial charge in [0, 0.05) is 24.7 Å². The van der Waals surface area contributed by atoms with E-state index in [0.717, 1.165) is 0 Å². The minimum atomic E-state index is -3.56. The molecule has 0 aliphatic heterocycles. The third-order valence-electron chi connectivity index (χ3n) is 3.00. The summed E-state index contributed by atoms with van der Waals surface area (Å²) in [6.07, 6.45) is 1.04. The van der Waals surface area contributed by atoms with Gasteiger partial charge in [-0.05, 0) is 38.6 Å². The molecule has 1 rings (SSSR count). The normalized spacial score (nSPS) is 12.3. The maximum Gasteiger partial charge on any atom is 0.240 e. The zero-order valence-corrected chi connectivity index (χ0v) is 14.7. The number of carbonyl (C=O) groups excluding carboxylic acids is 1. The van der Waals surface area contributed by atoms with Crippen LogP contribution < -0.4 is 15.4 Å². The summed E-state index contributed by atoms with van der Waals surface area (Å²) in [4.78, 5) is 11.8. The molecule has 8 heteroatoms. The lowest BCUT2D eigenvalue weighted by molar-refractivity contribution is -0.116. The summed E-state index contributed by atoms with van der Waals surface area (Å²) in [5.41, 5.74) is 0.475. The monoisotopic (exact) mass is 349 g/mol. The Bertz CT molecular complexity index is 578. The van der Waals surface area contributed by atoms with Crippen molar-refractivity contribution in [2.75, 3.05) is 18.9 Å². The number of nitrogens with one attached hydrogen (secondary N) is 3. The van der Waals surface area contributed by atoms with Gasteiger partial charge in [-0.25, -0.2) is 13.1 Å². The highest BCUT2D eigenvalue weighted by Crippen LogP contribution is 2.16. The van der Waals surface area contributed by atoms with Crippen molar-refractivity contribution in [3.63, 3.8) is 0 Å². The molecule has 1 aromatic rings. The summed E-state index contributed by atoms with van der Waals surface area (Å²) in [5, 5.41) is 5.57. The molecule has 0 bridgehead atoms. The second kappa shape index (κ2) is 9.78. The standard InChI is InChI=1S/C14H23N3O3S.ClH/c1-4-11(2)17-21(19,20)13-7-5-6-12(10-13)16-14(18)8-9-15-3;/h5-7,10-11,15,17H,4,8-9H2,1-3H3,(H,16,18);1H. The molecule has 6 nitrogen and oxygen atoms in total. The summed E-state index contributed by atoms with van der Waals surface area (Å²) in [7, 11) is -1.80. The smallest absolute Gasteiger partial charge is 0.240 e. The predicted molar refractivity (Wildman–Crippen MR) is 90.9 cm³/mol. The lowest BCUT2D eigenvalue weighted by Gasteiger charge is -2.13. The average Bonchev–Trinajstić information content (AvgIpc) is 2.44. The van der Waals surface area contributed by atoms with Crippen LogP contribution in [0.2, 0.25) is 0 Å². The number of sulfonamides is 1. The first kappa shape index (κ1) is 20.9. The highest BCUT2D eigenvalue weighted by molar-refractivity contribution is 7.89. The minimum absolute atomic E-state index is 0. The zero-order chi connectivity index (χ0) is 15.9. The fourth-order valence-corrected chi connectivity index (χ4v) is 2.99. The molecule has 0 aromatic heterocycles. The van der Waals surface area contributed by atoms with Crippen LogP contribution in [0, 0.1) is 0 Å². The highest BCUT2D eigenvalue weighted by atomic mass is 35.5. The Labute approximate surface area is 138 Å². The van der Waals surface area contributed by atoms with E-state index in [1.165, 1.54) is 12.1 Å². The third-order valence-corrected chi connectivity index (χ3v) is 4.59. The fourth-order valence-electron chi connectivity index (χ4n) is 1.62. The van der Waals surface area contributed by atoms with Crippen molar-refractivity contribution in [2.24, 2.45) is 0 Å². The highest BCUT2D eigenvalue weighted by Gasteiger charge is 2.17. The van der Waals surface area contributed by atoms with E-state index in [1.54, 1.807) is 26.1 Å². The summed E-state index contributed by atoms with van der Waals surface area (Å²) < 4.78 is 26.9. The van der Waals surface area contributed by atoms with Crippen molar-refractivity contribution in [1.29, 1.82) is 0 Å². The van der Waals surface area contributed by atoms with Gasteiger partial charge in [0.05, 0.1) is 4.90 Å². The van der Waals surface area contributed by atoms with Gasteiger partial charge in [-0.2, -0.15) is 0 Å². The fraction of sp³-hybridized carbons (Fsp3) is 0.500. The number of carbonyl (C=O) groups is 1. The zero-order valence-electron chi connectivity index (χ0n) is 13.0. The Morgan fingerprint density at radius 2 is 2.00 bits per heavy atom. The van der Waals surface area contributed by atoms with Crippen molar-refractivity contribution in [1.82, 2.24) is 10.0 Å². The summed E-state index contributed by atoms with van der Waals surface area (Å²) in [5.74, 6) is -0.159. The molecular weight excluding hydrogens is 326 g/mol. The largest absolute Gasteiger partial charge is 0.326 e. The molecule has 0 saturated heterocycles. The van der Waals surface area contributed by atoms with E-state index < -0.39 is 10.0 Å². The van der Waals surface area contributed by atoms with Crippen LogP contribution in [0.15, 0.2) is 29.2 Å². The first-order valence-corrected chi connectivity index (χ1v) is 8.44. The van der Waals surface area contributed by atoms with E-state index in [4.69, 9.17) is 0 Å². The summed E-state index contributed by atoms with van der Waals surface area (Å²) >= 11 is 0. The van der Waals surface area contributed by atoms with E-state index in [2.05, 4.69) is 15.4 Å². The van der Waals surface area contributed by atoms with Crippen LogP contribution in [0.4, 0.5) is 5.69 Å². The maximum absolute atomic E-state index is 12.2. The van der Waals surface area contributed by atoms with Crippen molar-refractivity contribution in [3.05, 3.63) is 24.3 Å². The van der Waals surface area contributed by atoms with Crippen molar-refractivity contribution >= 4 is 34.0 Å². The van der Waals surface area contributed by atoms with Gasteiger partial charge in [-0.15, -0.1) is 12.4 Å². The molecule has 0 aliphatic carbocycles. The molecule has 1 aromatic carbocycles. The number of anilines is 1. The van der Waals surface area contributed by atoms with Gasteiger partial charge in [-0.1, -0.05) is 13.0 Å². The molecule has 3 N–H and O–H groups in total. The van der Waals surface area contributed by atoms with Crippen molar-refractivity contribution < 1.29 is 13.2 Å². The van der Waals surface area contributed by atoms with Gasteiger partial charge >= 0.3 is 0 Å². The maximum atomic E-state index is 12.2. The Hall–Kier alpha value is -1.15. The molecule has 0 spiro atoms. The summed E-state index contributed by atoms with van der Waals surface area (Å²) in [6.45, 7) is 4.28. The Morgan fingerprint density at radius 1 is 1.32 bits per heavy atom. The van der Waals surface area contributed by atoms with E-state index in [-0.39, 0.29) is 29.3 Å². The first-order valence-electron chi connectivity index (χ1n) is 6.96. The van der Waals surface area contributed by atoms with Crippen LogP contribution in [0.3, 0.4) is 0 Å². The van der Waals surface area contributed by atoms with E-state index in [0.29, 0.717) is 25.1 Å². The van der Waals surface area contributed by atoms with Gasteiger partial charge in [0.2, 0.25) is 15.9 Å². The van der Waals surface area contributed by atoms with Crippen molar-refractivity contribution in [3.8, 4) is 0 Å². The lowest BCUT2D eigenvalue weighted by atomic mass is 10.3. The molecule has 22 heavy (non-hydrogen) atoms. The Kier molecular flexibility index (Phi) is 9.27. The lowest BCUT2D eigenvalue weighted by Crippen LogP contribution is -2.32. The SMILES string of the molecule is CCC(C)NS(=O)(=O)c1cccc(NC(=O)CCNC)c1.Cl. The van der Waals surface area contributed by atoms with Crippen LogP contribution in [-0.2, 0) is 14.8 Å². The van der Waals surface area contributed by atoms with Gasteiger partial charge in [0.15, 0.2) is 0 Å². The van der Waals surface area contributed by atoms with Crippen LogP contribution in [0.25, 0.3) is 0 Å². The number of amides is 1. The molecule has 0 radical (unpaired) electrons. The molecular formula is C14H24ClN3O3S. The van der Waals surface area contributed by atoms with Crippen molar-refractivity contribution in [2.45, 2.75) is 37.6 Å². The van der Waals surface area contributed by atoms with Gasteiger partial charge in [0.1, 0.15) is 0 Å². The minimum Gasteiger partial charge on any atom is -0.326 e. The number of hydrogen-bond donors (Lipinski definition) is 3. The Balaban J connectivity index is 0.00000441. The predicted octanol–water partition coefficient (Wildman–Crippen LogP) is 1.73. The van der Waals surface area contributed by atoms with Gasteiger partial charge < -0.3 is 10.6 Å². The summed E-state index contributed by atoms with van der Waals surface area (Å²) in [6, 6.07) is 6.11. The van der Waals surface area contributed by atoms with E-state index >= 15 is 0 Å². The molecule has 1 atom stereocenters. The number of benzene rings is 1. The van der Waals surface area contributed by atoms with Crippen LogP contribution >= 0.6 is 12.4 Å². The Morgan fingerprint density at radius 3 is 2.59 bits per heavy atom. The van der Waals surface area contributed by atoms with E-state index in [9.17, 15) is 13.2 Å². The molecule has 126 valence electrons. The average molecular weight is 350 g/mol. The molecule has 0 saturated carbocycles. The molecule has 1 amide bonds. The van der Waals surface area contributed by atoms with Gasteiger partial charge in [-0.3, -0.25) is 4.79 Å². The third kappa shape index (κ3) is 6.74. The second-order valence-electron chi connectivity index (χ2n) is 4.86. The number of hydrogen-bond acceptors (Lipinski definition) is 4. The topological polar surface area (TPSA) is 87.3 Å². The second-order valence-corrected chi connectivity index (χ2v) is 6.57. The van der Waals surface area contributed by atoms with Crippen LogP contribution in [-0.4, -0.2) is 34.0 Å². The number of rotatable bonds is 8. The molecule has 1 unspecified atom stereocenters. The first-order chi connectivity index (χ1) is 9.89. The quantitative estimate of drug-likeness (QED) is 0.667. The van der Waals surface area contributed by atoms with E-state index in [1.807, 2.05) is 6.92 Å².